The molecule has 1 aromatic heterocycles. The summed E-state index contributed by atoms with van der Waals surface area (Å²) in [5, 5.41) is 0. The lowest BCUT2D eigenvalue weighted by Gasteiger charge is -2.20. The van der Waals surface area contributed by atoms with E-state index in [4.69, 9.17) is 4.74 Å². The molecule has 0 atom stereocenters. The van der Waals surface area contributed by atoms with Crippen molar-refractivity contribution >= 4 is 5.97 Å². The van der Waals surface area contributed by atoms with Crippen LogP contribution in [0.4, 0.5) is 0 Å². The third-order valence-electron chi connectivity index (χ3n) is 4.48. The van der Waals surface area contributed by atoms with Crippen LogP contribution in [0, 0.1) is 19.3 Å². The number of aryl methyl sites for hydroxylation is 1. The number of nitrogens with zero attached hydrogens (tertiary/aromatic N) is 1. The number of pyridine rings is 1. The van der Waals surface area contributed by atoms with E-state index in [1.54, 1.807) is 24.5 Å². The van der Waals surface area contributed by atoms with Crippen LogP contribution in [0.5, 0.6) is 0 Å². The fourth-order valence-corrected chi connectivity index (χ4v) is 3.16. The van der Waals surface area contributed by atoms with Gasteiger partial charge in [0.05, 0.1) is 12.2 Å². The molecule has 0 unspecified atom stereocenters. The predicted octanol–water partition coefficient (Wildman–Crippen LogP) is 3.22. The van der Waals surface area contributed by atoms with E-state index >= 15 is 0 Å². The van der Waals surface area contributed by atoms with Gasteiger partial charge in [-0.25, -0.2) is 4.79 Å². The molecule has 1 aliphatic carbocycles. The Balaban J connectivity index is 2.40. The molecule has 1 heterocycles. The van der Waals surface area contributed by atoms with Gasteiger partial charge < -0.3 is 9.30 Å². The van der Waals surface area contributed by atoms with Crippen molar-refractivity contribution in [2.24, 2.45) is 5.41 Å². The van der Waals surface area contributed by atoms with Gasteiger partial charge in [-0.2, -0.15) is 0 Å². The average molecular weight is 291 g/mol. The number of ether oxygens (including phenoxy) is 1. The van der Waals surface area contributed by atoms with Crippen molar-refractivity contribution in [3.8, 4) is 0 Å². The molecule has 0 saturated heterocycles. The van der Waals surface area contributed by atoms with Crippen LogP contribution in [-0.2, 0) is 11.3 Å². The van der Waals surface area contributed by atoms with Crippen molar-refractivity contribution in [1.82, 2.24) is 4.57 Å². The van der Waals surface area contributed by atoms with Crippen molar-refractivity contribution in [3.63, 3.8) is 0 Å². The Morgan fingerprint density at radius 3 is 2.52 bits per heavy atom. The summed E-state index contributed by atoms with van der Waals surface area (Å²) < 4.78 is 6.89. The van der Waals surface area contributed by atoms with Gasteiger partial charge in [-0.1, -0.05) is 13.3 Å². The van der Waals surface area contributed by atoms with Crippen LogP contribution < -0.4 is 5.56 Å². The minimum Gasteiger partial charge on any atom is -0.462 e. The highest BCUT2D eigenvalue weighted by atomic mass is 16.5. The number of rotatable bonds is 6. The second kappa shape index (κ2) is 6.04. The van der Waals surface area contributed by atoms with Gasteiger partial charge in [0.1, 0.15) is 0 Å². The lowest BCUT2D eigenvalue weighted by Crippen LogP contribution is -2.29. The molecule has 1 aliphatic rings. The zero-order valence-electron chi connectivity index (χ0n) is 13.5. The molecule has 0 spiro atoms. The van der Waals surface area contributed by atoms with Crippen LogP contribution in [0.1, 0.15) is 61.1 Å². The quantitative estimate of drug-likeness (QED) is 0.756. The molecule has 116 valence electrons. The number of hydrogen-bond acceptors (Lipinski definition) is 3. The third kappa shape index (κ3) is 3.20. The Morgan fingerprint density at radius 1 is 1.33 bits per heavy atom. The molecule has 0 amide bonds. The lowest BCUT2D eigenvalue weighted by atomic mass is 9.99. The van der Waals surface area contributed by atoms with Crippen LogP contribution in [-0.4, -0.2) is 17.1 Å². The van der Waals surface area contributed by atoms with E-state index in [0.29, 0.717) is 17.7 Å². The number of esters is 1. The number of hydrogen-bond donors (Lipinski definition) is 0. The molecule has 0 bridgehead atoms. The van der Waals surface area contributed by atoms with Crippen molar-refractivity contribution < 1.29 is 9.53 Å². The third-order valence-corrected chi connectivity index (χ3v) is 4.48. The van der Waals surface area contributed by atoms with Crippen molar-refractivity contribution in [2.45, 2.75) is 59.9 Å². The number of carbonyl (C=O) groups is 1. The monoisotopic (exact) mass is 291 g/mol. The minimum atomic E-state index is -0.332. The van der Waals surface area contributed by atoms with Gasteiger partial charge in [0, 0.05) is 18.3 Å². The Morgan fingerprint density at radius 2 is 2.00 bits per heavy atom. The highest BCUT2D eigenvalue weighted by Gasteiger charge is 2.42. The van der Waals surface area contributed by atoms with Gasteiger partial charge in [-0.05, 0) is 51.0 Å². The molecular formula is C17H25NO3. The summed E-state index contributed by atoms with van der Waals surface area (Å²) in [5.74, 6) is -0.332. The molecular weight excluding hydrogens is 266 g/mol. The SMILES string of the molecule is CCCC1(Cn2c(C)c(C(=O)OCC)c(C)cc2=O)CC1. The summed E-state index contributed by atoms with van der Waals surface area (Å²) in [6.45, 7) is 8.68. The molecule has 4 heteroatoms. The van der Waals surface area contributed by atoms with E-state index < -0.39 is 0 Å². The van der Waals surface area contributed by atoms with E-state index in [0.717, 1.165) is 25.1 Å². The Kier molecular flexibility index (Phi) is 4.55. The van der Waals surface area contributed by atoms with Crippen molar-refractivity contribution in [2.75, 3.05) is 6.61 Å². The highest BCUT2D eigenvalue weighted by Crippen LogP contribution is 2.50. The molecule has 2 rings (SSSR count). The van der Waals surface area contributed by atoms with Crippen LogP contribution in [0.25, 0.3) is 0 Å². The van der Waals surface area contributed by atoms with Crippen molar-refractivity contribution in [1.29, 1.82) is 0 Å². The zero-order chi connectivity index (χ0) is 15.6. The minimum absolute atomic E-state index is 0.0135. The maximum absolute atomic E-state index is 12.3. The lowest BCUT2D eigenvalue weighted by molar-refractivity contribution is 0.0523. The smallest absolute Gasteiger partial charge is 0.340 e. The maximum atomic E-state index is 12.3. The molecule has 0 N–H and O–H groups in total. The Labute approximate surface area is 126 Å². The van der Waals surface area contributed by atoms with Gasteiger partial charge in [0.15, 0.2) is 0 Å². The highest BCUT2D eigenvalue weighted by molar-refractivity contribution is 5.92. The Bertz CT molecular complexity index is 597. The van der Waals surface area contributed by atoms with Crippen molar-refractivity contribution in [3.05, 3.63) is 33.2 Å². The first-order chi connectivity index (χ1) is 9.94. The molecule has 0 aliphatic heterocycles. The largest absolute Gasteiger partial charge is 0.462 e. The molecule has 1 fully saturated rings. The molecule has 4 nitrogen and oxygen atoms in total. The molecule has 21 heavy (non-hydrogen) atoms. The zero-order valence-corrected chi connectivity index (χ0v) is 13.5. The van der Waals surface area contributed by atoms with E-state index in [1.807, 2.05) is 6.92 Å². The van der Waals surface area contributed by atoms with Gasteiger partial charge in [-0.3, -0.25) is 4.79 Å². The Hall–Kier alpha value is -1.58. The average Bonchev–Trinajstić information content (AvgIpc) is 3.15. The summed E-state index contributed by atoms with van der Waals surface area (Å²) in [4.78, 5) is 24.4. The van der Waals surface area contributed by atoms with Gasteiger partial charge in [0.2, 0.25) is 0 Å². The number of aromatic nitrogens is 1. The van der Waals surface area contributed by atoms with Crippen LogP contribution in [0.2, 0.25) is 0 Å². The predicted molar refractivity (Wildman–Crippen MR) is 82.7 cm³/mol. The molecule has 0 radical (unpaired) electrons. The first kappa shape index (κ1) is 15.8. The first-order valence-corrected chi connectivity index (χ1v) is 7.82. The normalized spacial score (nSPS) is 15.8. The van der Waals surface area contributed by atoms with Crippen LogP contribution in [0.15, 0.2) is 10.9 Å². The van der Waals surface area contributed by atoms with Gasteiger partial charge >= 0.3 is 5.97 Å². The summed E-state index contributed by atoms with van der Waals surface area (Å²) in [6, 6.07) is 1.56. The number of carbonyl (C=O) groups excluding carboxylic acids is 1. The van der Waals surface area contributed by atoms with Crippen LogP contribution in [0.3, 0.4) is 0 Å². The van der Waals surface area contributed by atoms with E-state index in [-0.39, 0.29) is 16.9 Å². The topological polar surface area (TPSA) is 48.3 Å². The first-order valence-electron chi connectivity index (χ1n) is 7.82. The maximum Gasteiger partial charge on any atom is 0.340 e. The fourth-order valence-electron chi connectivity index (χ4n) is 3.16. The summed E-state index contributed by atoms with van der Waals surface area (Å²) in [7, 11) is 0. The summed E-state index contributed by atoms with van der Waals surface area (Å²) >= 11 is 0. The van der Waals surface area contributed by atoms with Crippen LogP contribution >= 0.6 is 0 Å². The van der Waals surface area contributed by atoms with Gasteiger partial charge in [-0.15, -0.1) is 0 Å². The summed E-state index contributed by atoms with van der Waals surface area (Å²) in [5.41, 5.74) is 2.24. The van der Waals surface area contributed by atoms with E-state index in [9.17, 15) is 9.59 Å². The fraction of sp³-hybridized carbons (Fsp3) is 0.647. The van der Waals surface area contributed by atoms with E-state index in [2.05, 4.69) is 6.92 Å². The molecule has 1 aromatic rings. The standard InChI is InChI=1S/C17H25NO3/c1-5-7-17(8-9-17)11-18-13(4)15(16(20)21-6-2)12(3)10-14(18)19/h10H,5-9,11H2,1-4H3. The molecule has 1 saturated carbocycles. The second-order valence-electron chi connectivity index (χ2n) is 6.18. The van der Waals surface area contributed by atoms with E-state index in [1.165, 1.54) is 12.8 Å². The molecule has 0 aromatic carbocycles. The second-order valence-corrected chi connectivity index (χ2v) is 6.18. The summed E-state index contributed by atoms with van der Waals surface area (Å²) in [6.07, 6.45) is 4.62. The van der Waals surface area contributed by atoms with Gasteiger partial charge in [0.25, 0.3) is 5.56 Å².